The van der Waals surface area contributed by atoms with Gasteiger partial charge in [0, 0.05) is 24.1 Å². The number of hydrogen-bond donors (Lipinski definition) is 1. The molecule has 0 saturated heterocycles. The molecular formula is C12H8ClN3O3. The molecule has 96 valence electrons. The highest BCUT2D eigenvalue weighted by Gasteiger charge is 2.19. The third-order valence-electron chi connectivity index (χ3n) is 2.36. The third kappa shape index (κ3) is 2.86. The van der Waals surface area contributed by atoms with Crippen molar-refractivity contribution in [3.05, 3.63) is 63.4 Å². The first-order valence-electron chi connectivity index (χ1n) is 5.24. The summed E-state index contributed by atoms with van der Waals surface area (Å²) >= 11 is 5.85. The van der Waals surface area contributed by atoms with E-state index in [9.17, 15) is 14.9 Å². The summed E-state index contributed by atoms with van der Waals surface area (Å²) in [5, 5.41) is 13.1. The molecule has 1 amide bonds. The number of nitrogens with zero attached hydrogens (tertiary/aromatic N) is 2. The normalized spacial score (nSPS) is 9.95. The summed E-state index contributed by atoms with van der Waals surface area (Å²) in [5.74, 6) is -0.514. The highest BCUT2D eigenvalue weighted by molar-refractivity contribution is 6.36. The topological polar surface area (TPSA) is 85.1 Å². The predicted octanol–water partition coefficient (Wildman–Crippen LogP) is 2.90. The summed E-state index contributed by atoms with van der Waals surface area (Å²) in [4.78, 5) is 25.9. The van der Waals surface area contributed by atoms with Gasteiger partial charge in [-0.2, -0.15) is 0 Å². The van der Waals surface area contributed by atoms with E-state index in [4.69, 9.17) is 11.6 Å². The van der Waals surface area contributed by atoms with E-state index in [-0.39, 0.29) is 16.3 Å². The first-order chi connectivity index (χ1) is 9.09. The van der Waals surface area contributed by atoms with Gasteiger partial charge < -0.3 is 5.32 Å². The van der Waals surface area contributed by atoms with Crippen LogP contribution < -0.4 is 5.32 Å². The van der Waals surface area contributed by atoms with Crippen LogP contribution in [-0.4, -0.2) is 15.8 Å². The summed E-state index contributed by atoms with van der Waals surface area (Å²) < 4.78 is 0. The van der Waals surface area contributed by atoms with E-state index >= 15 is 0 Å². The molecule has 0 aliphatic heterocycles. The van der Waals surface area contributed by atoms with Gasteiger partial charge in [0.05, 0.1) is 10.5 Å². The van der Waals surface area contributed by atoms with Gasteiger partial charge in [-0.1, -0.05) is 17.7 Å². The number of anilines is 1. The molecule has 6 nitrogen and oxygen atoms in total. The Morgan fingerprint density at radius 1 is 1.26 bits per heavy atom. The van der Waals surface area contributed by atoms with Gasteiger partial charge in [-0.15, -0.1) is 0 Å². The molecule has 0 radical (unpaired) electrons. The molecule has 0 fully saturated rings. The molecule has 2 rings (SSSR count). The van der Waals surface area contributed by atoms with Crippen molar-refractivity contribution >= 4 is 28.9 Å². The molecule has 0 saturated carbocycles. The van der Waals surface area contributed by atoms with Gasteiger partial charge in [0.25, 0.3) is 11.6 Å². The van der Waals surface area contributed by atoms with Gasteiger partial charge >= 0.3 is 0 Å². The van der Waals surface area contributed by atoms with Gasteiger partial charge in [-0.05, 0) is 18.2 Å². The van der Waals surface area contributed by atoms with E-state index in [1.54, 1.807) is 12.1 Å². The minimum absolute atomic E-state index is 0.0488. The highest BCUT2D eigenvalue weighted by Crippen LogP contribution is 2.28. The molecule has 0 spiro atoms. The minimum Gasteiger partial charge on any atom is -0.322 e. The zero-order valence-electron chi connectivity index (χ0n) is 9.54. The van der Waals surface area contributed by atoms with Crippen LogP contribution in [0.4, 0.5) is 11.4 Å². The number of halogens is 1. The van der Waals surface area contributed by atoms with Gasteiger partial charge in [0.2, 0.25) is 0 Å². The van der Waals surface area contributed by atoms with Crippen molar-refractivity contribution in [2.24, 2.45) is 0 Å². The Balaban J connectivity index is 2.30. The first-order valence-corrected chi connectivity index (χ1v) is 5.61. The van der Waals surface area contributed by atoms with Crippen molar-refractivity contribution < 1.29 is 9.72 Å². The second-order valence-corrected chi connectivity index (χ2v) is 3.96. The molecule has 0 aliphatic carbocycles. The Morgan fingerprint density at radius 2 is 1.95 bits per heavy atom. The van der Waals surface area contributed by atoms with Gasteiger partial charge in [0.15, 0.2) is 0 Å². The molecule has 2 aromatic rings. The molecule has 0 aliphatic rings. The highest BCUT2D eigenvalue weighted by atomic mass is 35.5. The fraction of sp³-hybridized carbons (Fsp3) is 0. The van der Waals surface area contributed by atoms with Crippen molar-refractivity contribution in [1.82, 2.24) is 4.98 Å². The first kappa shape index (κ1) is 13.0. The van der Waals surface area contributed by atoms with Crippen molar-refractivity contribution in [2.45, 2.75) is 0 Å². The molecule has 1 N–H and O–H groups in total. The lowest BCUT2D eigenvalue weighted by Gasteiger charge is -2.06. The number of pyridine rings is 1. The Bertz CT molecular complexity index is 631. The summed E-state index contributed by atoms with van der Waals surface area (Å²) in [6, 6.07) is 7.27. The van der Waals surface area contributed by atoms with Gasteiger partial charge in [-0.3, -0.25) is 19.9 Å². The number of nitro groups is 1. The number of carbonyl (C=O) groups excluding carboxylic acids is 1. The molecule has 1 heterocycles. The van der Waals surface area contributed by atoms with Crippen LogP contribution in [0.15, 0.2) is 42.7 Å². The second kappa shape index (κ2) is 5.45. The van der Waals surface area contributed by atoms with Gasteiger partial charge in [0.1, 0.15) is 5.02 Å². The van der Waals surface area contributed by atoms with E-state index in [0.29, 0.717) is 5.69 Å². The maximum absolute atomic E-state index is 12.0. The average molecular weight is 278 g/mol. The molecule has 1 aromatic heterocycles. The third-order valence-corrected chi connectivity index (χ3v) is 2.76. The molecule has 0 bridgehead atoms. The maximum atomic E-state index is 12.0. The van der Waals surface area contributed by atoms with Crippen LogP contribution in [0.25, 0.3) is 0 Å². The minimum atomic E-state index is -0.633. The Labute approximate surface area is 113 Å². The van der Waals surface area contributed by atoms with Crippen LogP contribution in [0.2, 0.25) is 5.02 Å². The number of aromatic nitrogens is 1. The number of amides is 1. The predicted molar refractivity (Wildman–Crippen MR) is 70.3 cm³/mol. The molecule has 1 aromatic carbocycles. The SMILES string of the molecule is O=C(Nc1ccncc1)c1cccc([N+](=O)[O-])c1Cl. The van der Waals surface area contributed by atoms with Crippen LogP contribution in [-0.2, 0) is 0 Å². The van der Waals surface area contributed by atoms with Crippen molar-refractivity contribution in [2.75, 3.05) is 5.32 Å². The largest absolute Gasteiger partial charge is 0.322 e. The Hall–Kier alpha value is -2.47. The van der Waals surface area contributed by atoms with Crippen molar-refractivity contribution in [3.63, 3.8) is 0 Å². The Kier molecular flexibility index (Phi) is 3.72. The molecule has 19 heavy (non-hydrogen) atoms. The van der Waals surface area contributed by atoms with Crippen LogP contribution in [0.5, 0.6) is 0 Å². The zero-order valence-corrected chi connectivity index (χ0v) is 10.3. The average Bonchev–Trinajstić information content (AvgIpc) is 2.39. The van der Waals surface area contributed by atoms with E-state index in [1.807, 2.05) is 0 Å². The van der Waals surface area contributed by atoms with E-state index in [2.05, 4.69) is 10.3 Å². The van der Waals surface area contributed by atoms with Crippen LogP contribution in [0, 0.1) is 10.1 Å². The number of rotatable bonds is 3. The standard InChI is InChI=1S/C12H8ClN3O3/c13-11-9(2-1-3-10(11)16(18)19)12(17)15-8-4-6-14-7-5-8/h1-7H,(H,14,15,17). The summed E-state index contributed by atoms with van der Waals surface area (Å²) in [6.07, 6.45) is 3.04. The van der Waals surface area contributed by atoms with Crippen molar-refractivity contribution in [3.8, 4) is 0 Å². The van der Waals surface area contributed by atoms with Crippen LogP contribution in [0.1, 0.15) is 10.4 Å². The zero-order chi connectivity index (χ0) is 13.8. The fourth-order valence-electron chi connectivity index (χ4n) is 1.47. The monoisotopic (exact) mass is 277 g/mol. The quantitative estimate of drug-likeness (QED) is 0.690. The number of nitro benzene ring substituents is 1. The number of carbonyl (C=O) groups is 1. The summed E-state index contributed by atoms with van der Waals surface area (Å²) in [7, 11) is 0. The lowest BCUT2D eigenvalue weighted by atomic mass is 10.2. The summed E-state index contributed by atoms with van der Waals surface area (Å²) in [5.41, 5.74) is 0.277. The van der Waals surface area contributed by atoms with E-state index < -0.39 is 10.8 Å². The number of hydrogen-bond acceptors (Lipinski definition) is 4. The molecule has 0 unspecified atom stereocenters. The van der Waals surface area contributed by atoms with Crippen molar-refractivity contribution in [1.29, 1.82) is 0 Å². The lowest BCUT2D eigenvalue weighted by Crippen LogP contribution is -2.13. The molecule has 0 atom stereocenters. The van der Waals surface area contributed by atoms with Crippen LogP contribution in [0.3, 0.4) is 0 Å². The van der Waals surface area contributed by atoms with Gasteiger partial charge in [-0.25, -0.2) is 0 Å². The smallest absolute Gasteiger partial charge is 0.288 e. The lowest BCUT2D eigenvalue weighted by molar-refractivity contribution is -0.384. The van der Waals surface area contributed by atoms with E-state index in [0.717, 1.165) is 0 Å². The second-order valence-electron chi connectivity index (χ2n) is 3.59. The molecular weight excluding hydrogens is 270 g/mol. The number of nitrogens with one attached hydrogen (secondary N) is 1. The maximum Gasteiger partial charge on any atom is 0.288 e. The Morgan fingerprint density at radius 3 is 2.58 bits per heavy atom. The summed E-state index contributed by atoms with van der Waals surface area (Å²) in [6.45, 7) is 0. The number of benzene rings is 1. The fourth-order valence-corrected chi connectivity index (χ4v) is 1.75. The van der Waals surface area contributed by atoms with E-state index in [1.165, 1.54) is 30.6 Å². The van der Waals surface area contributed by atoms with Crippen LogP contribution >= 0.6 is 11.6 Å². The molecule has 7 heteroatoms.